The second-order valence-corrected chi connectivity index (χ2v) is 4.58. The highest BCUT2D eigenvalue weighted by molar-refractivity contribution is 6.29. The zero-order chi connectivity index (χ0) is 12.6. The lowest BCUT2D eigenvalue weighted by Gasteiger charge is -2.22. The standard InChI is InChI=1S/C12H18ClN3O2/c13-11-8-14-9-12(16-11)15-4-1-5-18-10-2-6-17-7-3-10/h8-10H,1-7H2,(H,15,16). The fourth-order valence-electron chi connectivity index (χ4n) is 1.81. The number of ether oxygens (including phenoxy) is 2. The molecule has 0 aliphatic carbocycles. The Balaban J connectivity index is 1.55. The van der Waals surface area contributed by atoms with Crippen molar-refractivity contribution >= 4 is 17.4 Å². The molecule has 0 spiro atoms. The molecule has 1 aromatic heterocycles. The van der Waals surface area contributed by atoms with Gasteiger partial charge < -0.3 is 14.8 Å². The number of aromatic nitrogens is 2. The van der Waals surface area contributed by atoms with E-state index < -0.39 is 0 Å². The van der Waals surface area contributed by atoms with Gasteiger partial charge in [-0.3, -0.25) is 4.98 Å². The minimum absolute atomic E-state index is 0.365. The van der Waals surface area contributed by atoms with E-state index in [4.69, 9.17) is 21.1 Å². The van der Waals surface area contributed by atoms with Gasteiger partial charge in [0.25, 0.3) is 0 Å². The number of hydrogen-bond acceptors (Lipinski definition) is 5. The first-order chi connectivity index (χ1) is 8.84. The maximum Gasteiger partial charge on any atom is 0.149 e. The molecule has 100 valence electrons. The summed E-state index contributed by atoms with van der Waals surface area (Å²) in [6, 6.07) is 0. The van der Waals surface area contributed by atoms with Crippen LogP contribution in [0.2, 0.25) is 5.15 Å². The van der Waals surface area contributed by atoms with Crippen molar-refractivity contribution in [3.05, 3.63) is 17.5 Å². The van der Waals surface area contributed by atoms with Crippen LogP contribution in [0, 0.1) is 0 Å². The van der Waals surface area contributed by atoms with E-state index in [1.165, 1.54) is 6.20 Å². The summed E-state index contributed by atoms with van der Waals surface area (Å²) in [4.78, 5) is 8.05. The van der Waals surface area contributed by atoms with Crippen LogP contribution in [0.4, 0.5) is 5.82 Å². The molecule has 1 fully saturated rings. The zero-order valence-corrected chi connectivity index (χ0v) is 11.0. The molecule has 1 aliphatic heterocycles. The molecule has 0 aromatic carbocycles. The largest absolute Gasteiger partial charge is 0.381 e. The van der Waals surface area contributed by atoms with Gasteiger partial charge in [-0.15, -0.1) is 0 Å². The van der Waals surface area contributed by atoms with Crippen LogP contribution in [-0.2, 0) is 9.47 Å². The fourth-order valence-corrected chi connectivity index (χ4v) is 1.96. The van der Waals surface area contributed by atoms with Crippen LogP contribution in [-0.4, -0.2) is 42.4 Å². The third kappa shape index (κ3) is 4.76. The monoisotopic (exact) mass is 271 g/mol. The van der Waals surface area contributed by atoms with E-state index in [1.807, 2.05) is 0 Å². The van der Waals surface area contributed by atoms with E-state index in [0.717, 1.165) is 45.6 Å². The van der Waals surface area contributed by atoms with Crippen LogP contribution in [0.5, 0.6) is 0 Å². The molecule has 18 heavy (non-hydrogen) atoms. The molecule has 6 heteroatoms. The predicted molar refractivity (Wildman–Crippen MR) is 69.9 cm³/mol. The number of rotatable bonds is 6. The zero-order valence-electron chi connectivity index (χ0n) is 10.3. The van der Waals surface area contributed by atoms with Crippen LogP contribution >= 0.6 is 11.6 Å². The summed E-state index contributed by atoms with van der Waals surface area (Å²) in [5.41, 5.74) is 0. The predicted octanol–water partition coefficient (Wildman–Crippen LogP) is 2.13. The molecule has 5 nitrogen and oxygen atoms in total. The third-order valence-corrected chi connectivity index (χ3v) is 2.94. The molecule has 0 atom stereocenters. The molecule has 1 N–H and O–H groups in total. The minimum Gasteiger partial charge on any atom is -0.381 e. The van der Waals surface area contributed by atoms with Gasteiger partial charge in [-0.1, -0.05) is 11.6 Å². The van der Waals surface area contributed by atoms with Gasteiger partial charge in [-0.25, -0.2) is 4.98 Å². The van der Waals surface area contributed by atoms with Gasteiger partial charge in [0.15, 0.2) is 0 Å². The summed E-state index contributed by atoms with van der Waals surface area (Å²) < 4.78 is 11.0. The van der Waals surface area contributed by atoms with Crippen molar-refractivity contribution in [1.29, 1.82) is 0 Å². The van der Waals surface area contributed by atoms with Gasteiger partial charge in [0.1, 0.15) is 11.0 Å². The van der Waals surface area contributed by atoms with Gasteiger partial charge in [0.05, 0.1) is 18.5 Å². The summed E-state index contributed by atoms with van der Waals surface area (Å²) >= 11 is 5.74. The highest BCUT2D eigenvalue weighted by Gasteiger charge is 2.13. The Bertz CT molecular complexity index is 359. The van der Waals surface area contributed by atoms with Crippen LogP contribution in [0.1, 0.15) is 19.3 Å². The number of hydrogen-bond donors (Lipinski definition) is 1. The molecule has 1 aromatic rings. The number of nitrogens with zero attached hydrogens (tertiary/aromatic N) is 2. The molecule has 2 rings (SSSR count). The van der Waals surface area contributed by atoms with Crippen molar-refractivity contribution < 1.29 is 9.47 Å². The van der Waals surface area contributed by atoms with Crippen molar-refractivity contribution in [3.63, 3.8) is 0 Å². The summed E-state index contributed by atoms with van der Waals surface area (Å²) in [5.74, 6) is 0.702. The Morgan fingerprint density at radius 2 is 2.22 bits per heavy atom. The average molecular weight is 272 g/mol. The third-order valence-electron chi connectivity index (χ3n) is 2.75. The maximum absolute atomic E-state index is 5.76. The second-order valence-electron chi connectivity index (χ2n) is 4.19. The number of nitrogens with one attached hydrogen (secondary N) is 1. The van der Waals surface area contributed by atoms with Crippen molar-refractivity contribution in [3.8, 4) is 0 Å². The first kappa shape index (κ1) is 13.5. The quantitative estimate of drug-likeness (QED) is 0.804. The normalized spacial score (nSPS) is 16.7. The van der Waals surface area contributed by atoms with Crippen LogP contribution in [0.25, 0.3) is 0 Å². The van der Waals surface area contributed by atoms with Crippen LogP contribution in [0.15, 0.2) is 12.4 Å². The molecule has 1 aliphatic rings. The molecule has 0 amide bonds. The Kier molecular flexibility index (Phi) is 5.64. The van der Waals surface area contributed by atoms with Gasteiger partial charge in [-0.05, 0) is 19.3 Å². The average Bonchev–Trinajstić information content (AvgIpc) is 2.40. The molecule has 0 bridgehead atoms. The van der Waals surface area contributed by atoms with E-state index in [9.17, 15) is 0 Å². The molecule has 0 unspecified atom stereocenters. The smallest absolute Gasteiger partial charge is 0.149 e. The Labute approximate surface area is 112 Å². The Hall–Kier alpha value is -0.910. The van der Waals surface area contributed by atoms with E-state index in [0.29, 0.717) is 17.1 Å². The van der Waals surface area contributed by atoms with E-state index in [1.54, 1.807) is 6.20 Å². The van der Waals surface area contributed by atoms with Gasteiger partial charge in [0.2, 0.25) is 0 Å². The van der Waals surface area contributed by atoms with Gasteiger partial charge in [-0.2, -0.15) is 0 Å². The maximum atomic E-state index is 5.76. The van der Waals surface area contributed by atoms with Crippen LogP contribution < -0.4 is 5.32 Å². The number of halogens is 1. The summed E-state index contributed by atoms with van der Waals surface area (Å²) in [6.07, 6.45) is 6.49. The van der Waals surface area contributed by atoms with E-state index in [2.05, 4.69) is 15.3 Å². The van der Waals surface area contributed by atoms with E-state index >= 15 is 0 Å². The highest BCUT2D eigenvalue weighted by atomic mass is 35.5. The van der Waals surface area contributed by atoms with Crippen molar-refractivity contribution in [2.45, 2.75) is 25.4 Å². The van der Waals surface area contributed by atoms with Gasteiger partial charge in [0, 0.05) is 26.4 Å². The molecular formula is C12H18ClN3O2. The van der Waals surface area contributed by atoms with Crippen molar-refractivity contribution in [2.75, 3.05) is 31.7 Å². The highest BCUT2D eigenvalue weighted by Crippen LogP contribution is 2.11. The topological polar surface area (TPSA) is 56.3 Å². The van der Waals surface area contributed by atoms with Gasteiger partial charge >= 0.3 is 0 Å². The Morgan fingerprint density at radius 3 is 3.00 bits per heavy atom. The summed E-state index contributed by atoms with van der Waals surface area (Å²) in [7, 11) is 0. The summed E-state index contributed by atoms with van der Waals surface area (Å²) in [6.45, 7) is 3.20. The molecule has 0 saturated carbocycles. The van der Waals surface area contributed by atoms with Crippen molar-refractivity contribution in [2.24, 2.45) is 0 Å². The lowest BCUT2D eigenvalue weighted by Crippen LogP contribution is -2.24. The van der Waals surface area contributed by atoms with Crippen molar-refractivity contribution in [1.82, 2.24) is 9.97 Å². The molecule has 2 heterocycles. The number of anilines is 1. The lowest BCUT2D eigenvalue weighted by atomic mass is 10.1. The SMILES string of the molecule is Clc1cncc(NCCCOC2CCOCC2)n1. The minimum atomic E-state index is 0.365. The fraction of sp³-hybridized carbons (Fsp3) is 0.667. The lowest BCUT2D eigenvalue weighted by molar-refractivity contribution is -0.0316. The second kappa shape index (κ2) is 7.51. The first-order valence-corrected chi connectivity index (χ1v) is 6.63. The molecule has 0 radical (unpaired) electrons. The Morgan fingerprint density at radius 1 is 1.39 bits per heavy atom. The van der Waals surface area contributed by atoms with Crippen LogP contribution in [0.3, 0.4) is 0 Å². The first-order valence-electron chi connectivity index (χ1n) is 6.25. The summed E-state index contributed by atoms with van der Waals surface area (Å²) in [5, 5.41) is 3.56. The molecule has 1 saturated heterocycles. The molecular weight excluding hydrogens is 254 g/mol. The van der Waals surface area contributed by atoms with E-state index in [-0.39, 0.29) is 0 Å².